The van der Waals surface area contributed by atoms with E-state index in [0.29, 0.717) is 17.9 Å². The van der Waals surface area contributed by atoms with Crippen LogP contribution in [0.5, 0.6) is 5.75 Å². The molecule has 0 saturated heterocycles. The highest BCUT2D eigenvalue weighted by Gasteiger charge is 2.12. The van der Waals surface area contributed by atoms with E-state index in [1.807, 2.05) is 0 Å². The first kappa shape index (κ1) is 16.9. The van der Waals surface area contributed by atoms with E-state index in [1.54, 1.807) is 24.3 Å². The van der Waals surface area contributed by atoms with Gasteiger partial charge in [-0.2, -0.15) is 0 Å². The minimum absolute atomic E-state index is 0.0662. The Labute approximate surface area is 128 Å². The van der Waals surface area contributed by atoms with E-state index in [4.69, 9.17) is 34.2 Å². The van der Waals surface area contributed by atoms with Gasteiger partial charge in [-0.15, -0.1) is 0 Å². The normalized spacial score (nSPS) is 10.3. The zero-order valence-corrected chi connectivity index (χ0v) is 12.3. The summed E-state index contributed by atoms with van der Waals surface area (Å²) in [5.41, 5.74) is 16.4. The Bertz CT molecular complexity index is 520. The average Bonchev–Trinajstić information content (AvgIpc) is 2.37. The summed E-state index contributed by atoms with van der Waals surface area (Å²) >= 11 is 4.93. The van der Waals surface area contributed by atoms with Crippen LogP contribution in [0.4, 0.5) is 0 Å². The standard InChI is InChI=1S/C13H18N4O3S/c14-11(18)7-17(8-12(15)19)5-6-20-10-4-2-1-3-9(10)13(16)21/h1-4H,5-8H2,(H2,14,18)(H2,15,19)(H2,16,21). The number of nitrogens with zero attached hydrogens (tertiary/aromatic N) is 1. The SMILES string of the molecule is NC(=O)CN(CCOc1ccccc1C(N)=S)CC(N)=O. The average molecular weight is 310 g/mol. The maximum atomic E-state index is 10.9. The molecule has 1 rings (SSSR count). The molecule has 114 valence electrons. The number of benzene rings is 1. The van der Waals surface area contributed by atoms with Crippen LogP contribution in [-0.4, -0.2) is 47.9 Å². The quantitative estimate of drug-likeness (QED) is 0.501. The van der Waals surface area contributed by atoms with Crippen LogP contribution in [0.15, 0.2) is 24.3 Å². The Balaban J connectivity index is 2.59. The Morgan fingerprint density at radius 3 is 2.19 bits per heavy atom. The van der Waals surface area contributed by atoms with Crippen LogP contribution in [0.25, 0.3) is 0 Å². The third-order valence-corrected chi connectivity index (χ3v) is 2.80. The number of thiocarbonyl (C=S) groups is 1. The summed E-state index contributed by atoms with van der Waals surface area (Å²) in [4.78, 5) is 23.6. The fourth-order valence-corrected chi connectivity index (χ4v) is 1.90. The second-order valence-corrected chi connectivity index (χ2v) is 4.79. The molecule has 0 radical (unpaired) electrons. The number of primary amides is 2. The van der Waals surface area contributed by atoms with Crippen molar-refractivity contribution in [3.63, 3.8) is 0 Å². The van der Waals surface area contributed by atoms with Crippen molar-refractivity contribution >= 4 is 29.0 Å². The predicted octanol–water partition coefficient (Wildman–Crippen LogP) is -1.03. The Morgan fingerprint density at radius 2 is 1.67 bits per heavy atom. The van der Waals surface area contributed by atoms with Gasteiger partial charge in [0.05, 0.1) is 18.7 Å². The monoisotopic (exact) mass is 310 g/mol. The highest BCUT2D eigenvalue weighted by molar-refractivity contribution is 7.80. The molecule has 7 nitrogen and oxygen atoms in total. The fraction of sp³-hybridized carbons (Fsp3) is 0.308. The summed E-state index contributed by atoms with van der Waals surface area (Å²) in [6.07, 6.45) is 0. The van der Waals surface area contributed by atoms with Crippen molar-refractivity contribution in [2.24, 2.45) is 17.2 Å². The van der Waals surface area contributed by atoms with Crippen molar-refractivity contribution in [1.29, 1.82) is 0 Å². The Kier molecular flexibility index (Phi) is 6.57. The minimum Gasteiger partial charge on any atom is -0.492 e. The minimum atomic E-state index is -0.542. The zero-order chi connectivity index (χ0) is 15.8. The lowest BCUT2D eigenvalue weighted by molar-refractivity contribution is -0.122. The molecule has 0 aliphatic carbocycles. The molecular formula is C13H18N4O3S. The summed E-state index contributed by atoms with van der Waals surface area (Å²) in [7, 11) is 0. The fourth-order valence-electron chi connectivity index (χ4n) is 1.74. The Hall–Kier alpha value is -2.19. The van der Waals surface area contributed by atoms with Gasteiger partial charge in [0.15, 0.2) is 0 Å². The van der Waals surface area contributed by atoms with Crippen LogP contribution in [0.3, 0.4) is 0 Å². The van der Waals surface area contributed by atoms with Crippen LogP contribution in [-0.2, 0) is 9.59 Å². The number of carbonyl (C=O) groups is 2. The van der Waals surface area contributed by atoms with E-state index < -0.39 is 11.8 Å². The van der Waals surface area contributed by atoms with Crippen LogP contribution < -0.4 is 21.9 Å². The van der Waals surface area contributed by atoms with Gasteiger partial charge in [-0.05, 0) is 12.1 Å². The maximum Gasteiger partial charge on any atom is 0.231 e. The largest absolute Gasteiger partial charge is 0.492 e. The van der Waals surface area contributed by atoms with Gasteiger partial charge in [0, 0.05) is 6.54 Å². The number of nitrogens with two attached hydrogens (primary N) is 3. The molecule has 1 aromatic carbocycles. The summed E-state index contributed by atoms with van der Waals surface area (Å²) < 4.78 is 5.58. The lowest BCUT2D eigenvalue weighted by atomic mass is 10.2. The number of para-hydroxylation sites is 1. The molecule has 0 aliphatic rings. The van der Waals surface area contributed by atoms with Gasteiger partial charge in [0.25, 0.3) is 0 Å². The first-order valence-corrected chi connectivity index (χ1v) is 6.61. The second-order valence-electron chi connectivity index (χ2n) is 4.35. The molecule has 21 heavy (non-hydrogen) atoms. The molecule has 1 aromatic rings. The molecule has 0 bridgehead atoms. The highest BCUT2D eigenvalue weighted by atomic mass is 32.1. The third kappa shape index (κ3) is 6.19. The summed E-state index contributed by atoms with van der Waals surface area (Å²) in [6, 6.07) is 7.08. The molecule has 0 aromatic heterocycles. The zero-order valence-electron chi connectivity index (χ0n) is 11.5. The molecule has 0 spiro atoms. The van der Waals surface area contributed by atoms with Crippen molar-refractivity contribution < 1.29 is 14.3 Å². The van der Waals surface area contributed by atoms with Gasteiger partial charge < -0.3 is 21.9 Å². The van der Waals surface area contributed by atoms with E-state index in [-0.39, 0.29) is 24.7 Å². The van der Waals surface area contributed by atoms with Gasteiger partial charge >= 0.3 is 0 Å². The Morgan fingerprint density at radius 1 is 1.10 bits per heavy atom. The smallest absolute Gasteiger partial charge is 0.231 e. The first-order valence-electron chi connectivity index (χ1n) is 6.20. The van der Waals surface area contributed by atoms with E-state index >= 15 is 0 Å². The molecule has 2 amide bonds. The summed E-state index contributed by atoms with van der Waals surface area (Å²) in [5.74, 6) is -0.539. The van der Waals surface area contributed by atoms with E-state index in [0.717, 1.165) is 0 Å². The lowest BCUT2D eigenvalue weighted by Gasteiger charge is -2.19. The number of rotatable bonds is 9. The van der Waals surface area contributed by atoms with Gasteiger partial charge in [-0.3, -0.25) is 14.5 Å². The maximum absolute atomic E-state index is 10.9. The molecule has 0 heterocycles. The van der Waals surface area contributed by atoms with Gasteiger partial charge in [0.1, 0.15) is 17.3 Å². The topological polar surface area (TPSA) is 125 Å². The first-order chi connectivity index (χ1) is 9.90. The number of amides is 2. The molecule has 8 heteroatoms. The molecule has 0 atom stereocenters. The molecule has 0 aliphatic heterocycles. The number of ether oxygens (including phenoxy) is 1. The number of hydrogen-bond donors (Lipinski definition) is 3. The van der Waals surface area contributed by atoms with Crippen molar-refractivity contribution in [2.75, 3.05) is 26.2 Å². The predicted molar refractivity (Wildman–Crippen MR) is 82.7 cm³/mol. The van der Waals surface area contributed by atoms with Gasteiger partial charge in [0.2, 0.25) is 11.8 Å². The molecule has 6 N–H and O–H groups in total. The van der Waals surface area contributed by atoms with Crippen molar-refractivity contribution in [3.05, 3.63) is 29.8 Å². The van der Waals surface area contributed by atoms with E-state index in [9.17, 15) is 9.59 Å². The highest BCUT2D eigenvalue weighted by Crippen LogP contribution is 2.17. The van der Waals surface area contributed by atoms with Crippen molar-refractivity contribution in [2.45, 2.75) is 0 Å². The van der Waals surface area contributed by atoms with Crippen molar-refractivity contribution in [3.8, 4) is 5.75 Å². The van der Waals surface area contributed by atoms with E-state index in [2.05, 4.69) is 0 Å². The van der Waals surface area contributed by atoms with Gasteiger partial charge in [-0.25, -0.2) is 0 Å². The van der Waals surface area contributed by atoms with Crippen LogP contribution >= 0.6 is 12.2 Å². The lowest BCUT2D eigenvalue weighted by Crippen LogP contribution is -2.41. The summed E-state index contributed by atoms with van der Waals surface area (Å²) in [6.45, 7) is 0.421. The molecular weight excluding hydrogens is 292 g/mol. The van der Waals surface area contributed by atoms with Crippen molar-refractivity contribution in [1.82, 2.24) is 4.90 Å². The van der Waals surface area contributed by atoms with E-state index in [1.165, 1.54) is 4.90 Å². The molecule has 0 fully saturated rings. The number of carbonyl (C=O) groups excluding carboxylic acids is 2. The summed E-state index contributed by atoms with van der Waals surface area (Å²) in [5, 5.41) is 0. The van der Waals surface area contributed by atoms with Crippen LogP contribution in [0.1, 0.15) is 5.56 Å². The second kappa shape index (κ2) is 8.18. The molecule has 0 unspecified atom stereocenters. The van der Waals surface area contributed by atoms with Crippen LogP contribution in [0.2, 0.25) is 0 Å². The van der Waals surface area contributed by atoms with Gasteiger partial charge in [-0.1, -0.05) is 24.4 Å². The third-order valence-electron chi connectivity index (χ3n) is 2.58. The van der Waals surface area contributed by atoms with Crippen LogP contribution in [0, 0.1) is 0 Å². The molecule has 0 saturated carbocycles. The number of hydrogen-bond acceptors (Lipinski definition) is 5.